The fourth-order valence-corrected chi connectivity index (χ4v) is 2.46. The van der Waals surface area contributed by atoms with Gasteiger partial charge in [0.05, 0.1) is 18.1 Å². The van der Waals surface area contributed by atoms with Crippen molar-refractivity contribution in [3.8, 4) is 0 Å². The van der Waals surface area contributed by atoms with Crippen molar-refractivity contribution >= 4 is 11.6 Å². The molecule has 1 aromatic rings. The van der Waals surface area contributed by atoms with Crippen LogP contribution >= 0.6 is 11.6 Å². The van der Waals surface area contributed by atoms with Crippen LogP contribution in [0, 0.1) is 0 Å². The number of hydrogen-bond donors (Lipinski definition) is 0. The largest absolute Gasteiger partial charge is 0.308 e. The highest BCUT2D eigenvalue weighted by Gasteiger charge is 2.25. The van der Waals surface area contributed by atoms with Crippen molar-refractivity contribution in [2.24, 2.45) is 0 Å². The smallest absolute Gasteiger partial charge is 0.147 e. The Bertz CT molecular complexity index is 352. The number of halogens is 1. The van der Waals surface area contributed by atoms with Gasteiger partial charge in [0, 0.05) is 19.1 Å². The Morgan fingerprint density at radius 1 is 1.41 bits per heavy atom. The molecule has 5 heteroatoms. The van der Waals surface area contributed by atoms with Crippen molar-refractivity contribution in [3.63, 3.8) is 0 Å². The second-order valence-electron chi connectivity index (χ2n) is 4.86. The SMILES string of the molecule is CN(C)CC1CCCN1Cc1cnc(Cl)cn1. The lowest BCUT2D eigenvalue weighted by molar-refractivity contribution is 0.199. The number of nitrogens with zero attached hydrogens (tertiary/aromatic N) is 4. The van der Waals surface area contributed by atoms with Crippen LogP contribution < -0.4 is 0 Å². The Hall–Kier alpha value is -0.710. The number of hydrogen-bond acceptors (Lipinski definition) is 4. The number of likely N-dealkylation sites (N-methyl/N-ethyl adjacent to an activating group) is 1. The predicted octanol–water partition coefficient (Wildman–Crippen LogP) is 1.66. The summed E-state index contributed by atoms with van der Waals surface area (Å²) in [6, 6.07) is 0.641. The van der Waals surface area contributed by atoms with E-state index in [1.54, 1.807) is 12.4 Å². The van der Waals surface area contributed by atoms with E-state index in [4.69, 9.17) is 11.6 Å². The lowest BCUT2D eigenvalue weighted by atomic mass is 10.2. The van der Waals surface area contributed by atoms with Gasteiger partial charge in [0.25, 0.3) is 0 Å². The van der Waals surface area contributed by atoms with E-state index in [-0.39, 0.29) is 0 Å². The summed E-state index contributed by atoms with van der Waals surface area (Å²) in [5.41, 5.74) is 1.00. The van der Waals surface area contributed by atoms with E-state index < -0.39 is 0 Å². The van der Waals surface area contributed by atoms with Gasteiger partial charge >= 0.3 is 0 Å². The molecule has 17 heavy (non-hydrogen) atoms. The molecule has 1 aliphatic rings. The zero-order valence-corrected chi connectivity index (χ0v) is 11.2. The Labute approximate surface area is 108 Å². The van der Waals surface area contributed by atoms with Crippen LogP contribution in [-0.2, 0) is 6.54 Å². The molecule has 1 saturated heterocycles. The van der Waals surface area contributed by atoms with E-state index in [2.05, 4.69) is 33.9 Å². The molecule has 1 aromatic heterocycles. The molecule has 2 heterocycles. The average Bonchev–Trinajstić information content (AvgIpc) is 2.68. The summed E-state index contributed by atoms with van der Waals surface area (Å²) >= 11 is 5.73. The van der Waals surface area contributed by atoms with Gasteiger partial charge in [-0.25, -0.2) is 4.98 Å². The predicted molar refractivity (Wildman–Crippen MR) is 69.0 cm³/mol. The maximum absolute atomic E-state index is 5.73. The van der Waals surface area contributed by atoms with Gasteiger partial charge in [-0.3, -0.25) is 9.88 Å². The molecule has 0 spiro atoms. The monoisotopic (exact) mass is 254 g/mol. The van der Waals surface area contributed by atoms with E-state index in [9.17, 15) is 0 Å². The third-order valence-electron chi connectivity index (χ3n) is 3.11. The van der Waals surface area contributed by atoms with E-state index in [1.165, 1.54) is 12.8 Å². The van der Waals surface area contributed by atoms with Gasteiger partial charge in [-0.15, -0.1) is 0 Å². The van der Waals surface area contributed by atoms with Crippen molar-refractivity contribution in [3.05, 3.63) is 23.2 Å². The molecule has 1 unspecified atom stereocenters. The summed E-state index contributed by atoms with van der Waals surface area (Å²) < 4.78 is 0. The van der Waals surface area contributed by atoms with Gasteiger partial charge in [0.15, 0.2) is 0 Å². The average molecular weight is 255 g/mol. The summed E-state index contributed by atoms with van der Waals surface area (Å²) in [5.74, 6) is 0. The molecule has 4 nitrogen and oxygen atoms in total. The van der Waals surface area contributed by atoms with E-state index in [0.29, 0.717) is 11.2 Å². The molecule has 1 aliphatic heterocycles. The zero-order valence-electron chi connectivity index (χ0n) is 10.4. The van der Waals surface area contributed by atoms with Crippen LogP contribution in [0.2, 0.25) is 5.15 Å². The van der Waals surface area contributed by atoms with Crippen LogP contribution in [0.4, 0.5) is 0 Å². The van der Waals surface area contributed by atoms with Crippen LogP contribution in [0.15, 0.2) is 12.4 Å². The molecule has 2 rings (SSSR count). The van der Waals surface area contributed by atoms with Gasteiger partial charge in [0.2, 0.25) is 0 Å². The summed E-state index contributed by atoms with van der Waals surface area (Å²) in [4.78, 5) is 13.1. The molecule has 0 bridgehead atoms. The summed E-state index contributed by atoms with van der Waals surface area (Å²) in [6.45, 7) is 3.15. The van der Waals surface area contributed by atoms with Crippen LogP contribution in [0.3, 0.4) is 0 Å². The topological polar surface area (TPSA) is 32.3 Å². The molecular formula is C12H19ClN4. The van der Waals surface area contributed by atoms with Crippen LogP contribution in [0.25, 0.3) is 0 Å². The third kappa shape index (κ3) is 3.63. The molecular weight excluding hydrogens is 236 g/mol. The molecule has 1 fully saturated rings. The van der Waals surface area contributed by atoms with Gasteiger partial charge in [-0.05, 0) is 33.5 Å². The number of aromatic nitrogens is 2. The molecule has 0 aliphatic carbocycles. The standard InChI is InChI=1S/C12H19ClN4/c1-16(2)9-11-4-3-5-17(11)8-10-6-15-12(13)7-14-10/h6-7,11H,3-5,8-9H2,1-2H3. The van der Waals surface area contributed by atoms with Crippen LogP contribution in [-0.4, -0.2) is 53.0 Å². The Morgan fingerprint density at radius 2 is 2.24 bits per heavy atom. The first-order chi connectivity index (χ1) is 8.15. The maximum Gasteiger partial charge on any atom is 0.147 e. The zero-order chi connectivity index (χ0) is 12.3. The lowest BCUT2D eigenvalue weighted by Crippen LogP contribution is -2.37. The third-order valence-corrected chi connectivity index (χ3v) is 3.31. The van der Waals surface area contributed by atoms with E-state index in [1.807, 2.05) is 0 Å². The molecule has 0 amide bonds. The Morgan fingerprint density at radius 3 is 2.88 bits per heavy atom. The first-order valence-electron chi connectivity index (χ1n) is 6.00. The Kier molecular flexibility index (Phi) is 4.31. The normalized spacial score (nSPS) is 21.3. The van der Waals surface area contributed by atoms with Crippen molar-refractivity contribution in [1.29, 1.82) is 0 Å². The van der Waals surface area contributed by atoms with Crippen molar-refractivity contribution < 1.29 is 0 Å². The van der Waals surface area contributed by atoms with Crippen molar-refractivity contribution in [2.45, 2.75) is 25.4 Å². The Balaban J connectivity index is 1.95. The summed E-state index contributed by atoms with van der Waals surface area (Å²) in [7, 11) is 4.25. The summed E-state index contributed by atoms with van der Waals surface area (Å²) in [5, 5.41) is 0.458. The highest BCUT2D eigenvalue weighted by molar-refractivity contribution is 6.29. The fraction of sp³-hybridized carbons (Fsp3) is 0.667. The van der Waals surface area contributed by atoms with Crippen molar-refractivity contribution in [1.82, 2.24) is 19.8 Å². The van der Waals surface area contributed by atoms with Crippen LogP contribution in [0.1, 0.15) is 18.5 Å². The second-order valence-corrected chi connectivity index (χ2v) is 5.25. The molecule has 1 atom stereocenters. The molecule has 94 valence electrons. The minimum Gasteiger partial charge on any atom is -0.308 e. The van der Waals surface area contributed by atoms with Gasteiger partial charge in [0.1, 0.15) is 5.15 Å². The molecule has 0 radical (unpaired) electrons. The van der Waals surface area contributed by atoms with Gasteiger partial charge < -0.3 is 4.90 Å². The van der Waals surface area contributed by atoms with Gasteiger partial charge in [-0.1, -0.05) is 11.6 Å². The first kappa shape index (κ1) is 12.7. The van der Waals surface area contributed by atoms with Crippen molar-refractivity contribution in [2.75, 3.05) is 27.2 Å². The van der Waals surface area contributed by atoms with Crippen LogP contribution in [0.5, 0.6) is 0 Å². The molecule has 0 saturated carbocycles. The fourth-order valence-electron chi connectivity index (χ4n) is 2.36. The molecule has 0 N–H and O–H groups in total. The minimum atomic E-state index is 0.458. The first-order valence-corrected chi connectivity index (χ1v) is 6.38. The van der Waals surface area contributed by atoms with E-state index >= 15 is 0 Å². The van der Waals surface area contributed by atoms with Gasteiger partial charge in [-0.2, -0.15) is 0 Å². The quantitative estimate of drug-likeness (QED) is 0.818. The van der Waals surface area contributed by atoms with E-state index in [0.717, 1.165) is 25.3 Å². The second kappa shape index (κ2) is 5.76. The molecule has 0 aromatic carbocycles. The minimum absolute atomic E-state index is 0.458. The number of rotatable bonds is 4. The number of likely N-dealkylation sites (tertiary alicyclic amines) is 1. The highest BCUT2D eigenvalue weighted by Crippen LogP contribution is 2.19. The maximum atomic E-state index is 5.73. The highest BCUT2D eigenvalue weighted by atomic mass is 35.5. The lowest BCUT2D eigenvalue weighted by Gasteiger charge is -2.26. The summed E-state index contributed by atoms with van der Waals surface area (Å²) in [6.07, 6.45) is 5.94.